The monoisotopic (exact) mass is 325 g/mol. The predicted molar refractivity (Wildman–Crippen MR) is 85.9 cm³/mol. The summed E-state index contributed by atoms with van der Waals surface area (Å²) in [7, 11) is 0. The van der Waals surface area contributed by atoms with Gasteiger partial charge in [-0.3, -0.25) is 0 Å². The van der Waals surface area contributed by atoms with Crippen LogP contribution in [-0.2, 0) is 6.54 Å². The Morgan fingerprint density at radius 3 is 2.19 bits per heavy atom. The zero-order valence-corrected chi connectivity index (χ0v) is 13.6. The van der Waals surface area contributed by atoms with Crippen LogP contribution in [0, 0.1) is 17.8 Å². The van der Waals surface area contributed by atoms with E-state index in [4.69, 9.17) is 23.2 Å². The molecule has 0 aromatic heterocycles. The van der Waals surface area contributed by atoms with Crippen LogP contribution in [0.5, 0.6) is 5.75 Å². The van der Waals surface area contributed by atoms with Gasteiger partial charge in [-0.15, -0.1) is 0 Å². The maximum Gasteiger partial charge on any atom is 0.138 e. The van der Waals surface area contributed by atoms with E-state index in [-0.39, 0.29) is 11.3 Å². The zero-order chi connectivity index (χ0) is 14.6. The molecule has 0 amide bonds. The van der Waals surface area contributed by atoms with E-state index in [1.165, 1.54) is 38.5 Å². The summed E-state index contributed by atoms with van der Waals surface area (Å²) in [5.41, 5.74) is 1.10. The summed E-state index contributed by atoms with van der Waals surface area (Å²) in [5.74, 6) is 2.92. The van der Waals surface area contributed by atoms with Crippen LogP contribution in [-0.4, -0.2) is 10.6 Å². The van der Waals surface area contributed by atoms with Crippen LogP contribution < -0.4 is 5.32 Å². The molecule has 0 atom stereocenters. The molecule has 1 aromatic carbocycles. The van der Waals surface area contributed by atoms with Gasteiger partial charge in [-0.2, -0.15) is 0 Å². The Kier molecular flexibility index (Phi) is 3.40. The van der Waals surface area contributed by atoms with Gasteiger partial charge in [-0.1, -0.05) is 23.2 Å². The van der Waals surface area contributed by atoms with E-state index in [1.807, 2.05) is 6.07 Å². The van der Waals surface area contributed by atoms with Crippen molar-refractivity contribution >= 4 is 23.2 Å². The van der Waals surface area contributed by atoms with Crippen molar-refractivity contribution < 1.29 is 5.11 Å². The Hall–Kier alpha value is -0.440. The maximum absolute atomic E-state index is 10.1. The molecule has 4 fully saturated rings. The summed E-state index contributed by atoms with van der Waals surface area (Å²) in [6.45, 7) is 0.651. The number of phenolic OH excluding ortho intramolecular Hbond substituents is 1. The number of aromatic hydroxyl groups is 1. The van der Waals surface area contributed by atoms with Crippen LogP contribution in [0.25, 0.3) is 0 Å². The Balaban J connectivity index is 1.52. The molecule has 1 aromatic rings. The van der Waals surface area contributed by atoms with E-state index in [9.17, 15) is 5.11 Å². The number of hydrogen-bond donors (Lipinski definition) is 2. The molecule has 0 heterocycles. The van der Waals surface area contributed by atoms with Gasteiger partial charge in [0.2, 0.25) is 0 Å². The fraction of sp³-hybridized carbons (Fsp3) is 0.647. The molecule has 4 heteroatoms. The molecule has 0 aliphatic heterocycles. The molecule has 0 radical (unpaired) electrons. The lowest BCUT2D eigenvalue weighted by Gasteiger charge is -2.57. The summed E-state index contributed by atoms with van der Waals surface area (Å²) in [6.07, 6.45) is 8.22. The van der Waals surface area contributed by atoms with Gasteiger partial charge in [0.15, 0.2) is 0 Å². The molecule has 2 nitrogen and oxygen atoms in total. The van der Waals surface area contributed by atoms with Gasteiger partial charge in [0.25, 0.3) is 0 Å². The summed E-state index contributed by atoms with van der Waals surface area (Å²) in [5, 5.41) is 14.8. The SMILES string of the molecule is Oc1c(Cl)cc(Cl)cc1CNC12CC3CC(CC(C3)C1)C2. The quantitative estimate of drug-likeness (QED) is 0.839. The number of nitrogens with one attached hydrogen (secondary N) is 1. The molecule has 21 heavy (non-hydrogen) atoms. The standard InChI is InChI=1S/C17H21Cl2NO/c18-14-4-13(16(21)15(19)5-14)9-20-17-6-10-1-11(7-17)3-12(2-10)8-17/h4-5,10-12,20-21H,1-3,6-9H2. The van der Waals surface area contributed by atoms with Gasteiger partial charge in [0, 0.05) is 22.7 Å². The minimum Gasteiger partial charge on any atom is -0.506 e. The van der Waals surface area contributed by atoms with E-state index in [0.717, 1.165) is 23.3 Å². The topological polar surface area (TPSA) is 32.3 Å². The van der Waals surface area contributed by atoms with Crippen molar-refractivity contribution in [1.82, 2.24) is 5.32 Å². The molecule has 0 saturated heterocycles. The number of benzene rings is 1. The van der Waals surface area contributed by atoms with Crippen LogP contribution in [0.4, 0.5) is 0 Å². The third-order valence-electron chi connectivity index (χ3n) is 5.80. The molecule has 4 aliphatic rings. The van der Waals surface area contributed by atoms with Gasteiger partial charge >= 0.3 is 0 Å². The van der Waals surface area contributed by atoms with E-state index < -0.39 is 0 Å². The highest BCUT2D eigenvalue weighted by molar-refractivity contribution is 6.35. The summed E-state index contributed by atoms with van der Waals surface area (Å²) in [4.78, 5) is 0. The molecular weight excluding hydrogens is 305 g/mol. The second kappa shape index (κ2) is 5.04. The smallest absolute Gasteiger partial charge is 0.138 e. The fourth-order valence-corrected chi connectivity index (χ4v) is 5.90. The Labute approximate surface area is 135 Å². The molecule has 4 aliphatic carbocycles. The second-order valence-electron chi connectivity index (χ2n) is 7.45. The van der Waals surface area contributed by atoms with Crippen molar-refractivity contribution in [2.24, 2.45) is 17.8 Å². The number of rotatable bonds is 3. The van der Waals surface area contributed by atoms with Crippen molar-refractivity contribution in [3.05, 3.63) is 27.7 Å². The first-order valence-corrected chi connectivity index (χ1v) is 8.70. The van der Waals surface area contributed by atoms with Gasteiger partial charge < -0.3 is 10.4 Å². The van der Waals surface area contributed by atoms with Crippen LogP contribution >= 0.6 is 23.2 Å². The molecule has 5 rings (SSSR count). The third-order valence-corrected chi connectivity index (χ3v) is 6.31. The van der Waals surface area contributed by atoms with Gasteiger partial charge in [-0.05, 0) is 68.4 Å². The van der Waals surface area contributed by atoms with E-state index in [2.05, 4.69) is 5.32 Å². The van der Waals surface area contributed by atoms with Crippen molar-refractivity contribution in [1.29, 1.82) is 0 Å². The Morgan fingerprint density at radius 1 is 1.05 bits per heavy atom. The first kappa shape index (κ1) is 14.2. The van der Waals surface area contributed by atoms with Crippen LogP contribution in [0.3, 0.4) is 0 Å². The summed E-state index contributed by atoms with van der Waals surface area (Å²) >= 11 is 12.1. The third kappa shape index (κ3) is 2.56. The Bertz CT molecular complexity index is 537. The first-order valence-electron chi connectivity index (χ1n) is 7.95. The van der Waals surface area contributed by atoms with Gasteiger partial charge in [-0.25, -0.2) is 0 Å². The lowest BCUT2D eigenvalue weighted by molar-refractivity contribution is -0.0206. The number of halogens is 2. The molecule has 0 unspecified atom stereocenters. The molecular formula is C17H21Cl2NO. The molecule has 4 saturated carbocycles. The van der Waals surface area contributed by atoms with Crippen molar-refractivity contribution in [2.75, 3.05) is 0 Å². The van der Waals surface area contributed by atoms with Gasteiger partial charge in [0.1, 0.15) is 5.75 Å². The van der Waals surface area contributed by atoms with Crippen LogP contribution in [0.1, 0.15) is 44.1 Å². The Morgan fingerprint density at radius 2 is 1.62 bits per heavy atom. The number of phenols is 1. The normalized spacial score (nSPS) is 37.1. The molecule has 114 valence electrons. The number of hydrogen-bond acceptors (Lipinski definition) is 2. The summed E-state index contributed by atoms with van der Waals surface area (Å²) in [6, 6.07) is 3.41. The van der Waals surface area contributed by atoms with Crippen molar-refractivity contribution in [2.45, 2.75) is 50.6 Å². The average Bonchev–Trinajstić information content (AvgIpc) is 2.40. The highest BCUT2D eigenvalue weighted by Crippen LogP contribution is 2.55. The maximum atomic E-state index is 10.1. The van der Waals surface area contributed by atoms with Gasteiger partial charge in [0.05, 0.1) is 5.02 Å². The lowest BCUT2D eigenvalue weighted by Crippen LogP contribution is -2.58. The van der Waals surface area contributed by atoms with Crippen LogP contribution in [0.15, 0.2) is 12.1 Å². The van der Waals surface area contributed by atoms with E-state index >= 15 is 0 Å². The molecule has 4 bridgehead atoms. The highest BCUT2D eigenvalue weighted by Gasteiger charge is 2.50. The zero-order valence-electron chi connectivity index (χ0n) is 12.0. The second-order valence-corrected chi connectivity index (χ2v) is 8.29. The minimum atomic E-state index is 0.165. The summed E-state index contributed by atoms with van der Waals surface area (Å²) < 4.78 is 0. The van der Waals surface area contributed by atoms with E-state index in [1.54, 1.807) is 6.07 Å². The minimum absolute atomic E-state index is 0.165. The molecule has 2 N–H and O–H groups in total. The lowest BCUT2D eigenvalue weighted by atomic mass is 9.53. The van der Waals surface area contributed by atoms with Crippen molar-refractivity contribution in [3.8, 4) is 5.75 Å². The van der Waals surface area contributed by atoms with Crippen LogP contribution in [0.2, 0.25) is 10.0 Å². The average molecular weight is 326 g/mol. The molecule has 0 spiro atoms. The van der Waals surface area contributed by atoms with E-state index in [0.29, 0.717) is 16.6 Å². The fourth-order valence-electron chi connectivity index (χ4n) is 5.36. The highest BCUT2D eigenvalue weighted by atomic mass is 35.5. The first-order chi connectivity index (χ1) is 10.0. The van der Waals surface area contributed by atoms with Crippen molar-refractivity contribution in [3.63, 3.8) is 0 Å². The largest absolute Gasteiger partial charge is 0.506 e. The predicted octanol–water partition coefficient (Wildman–Crippen LogP) is 4.76.